The fourth-order valence-corrected chi connectivity index (χ4v) is 13.5. The number of hydrogen-bond acceptors (Lipinski definition) is 4. The van der Waals surface area contributed by atoms with Gasteiger partial charge in [-0.25, -0.2) is 13.7 Å². The molecule has 0 unspecified atom stereocenters. The Kier molecular flexibility index (Phi) is 24.8. The number of hydrogen-bond donors (Lipinski definition) is 0. The Morgan fingerprint density at radius 1 is 0.343 bits per heavy atom. The highest BCUT2D eigenvalue weighted by Crippen LogP contribution is 2.43. The Labute approximate surface area is 631 Å². The highest BCUT2D eigenvalue weighted by Gasteiger charge is 2.37. The summed E-state index contributed by atoms with van der Waals surface area (Å²) in [5.74, 6) is 0. The van der Waals surface area contributed by atoms with Gasteiger partial charge < -0.3 is 19.6 Å². The van der Waals surface area contributed by atoms with Gasteiger partial charge in [0.25, 0.3) is 0 Å². The van der Waals surface area contributed by atoms with Crippen LogP contribution in [0.25, 0.3) is 33.8 Å². The first-order chi connectivity index (χ1) is 50.0. The van der Waals surface area contributed by atoms with Crippen molar-refractivity contribution in [3.8, 4) is 33.8 Å². The van der Waals surface area contributed by atoms with E-state index in [2.05, 4.69) is 327 Å². The molecule has 7 heteroatoms. The summed E-state index contributed by atoms with van der Waals surface area (Å²) in [4.78, 5) is 7.85. The minimum absolute atomic E-state index is 0.0668. The van der Waals surface area contributed by atoms with Crippen LogP contribution in [-0.2, 0) is 53.6 Å². The van der Waals surface area contributed by atoms with Crippen molar-refractivity contribution in [1.29, 1.82) is 0 Å². The quantitative estimate of drug-likeness (QED) is 0.0848. The molecule has 7 nitrogen and oxygen atoms in total. The first kappa shape index (κ1) is 74.0. The van der Waals surface area contributed by atoms with Gasteiger partial charge in [0.05, 0.1) is 0 Å². The molecule has 3 aromatic heterocycles. The molecule has 0 fully saturated rings. The molecule has 10 rings (SSSR count). The van der Waals surface area contributed by atoms with Crippen molar-refractivity contribution in [3.05, 3.63) is 243 Å². The van der Waals surface area contributed by atoms with Crippen LogP contribution in [0.4, 0.5) is 11.4 Å². The standard InChI is InChI=1S/2C24H36N.C23H34N.2C12H16N2/c2*1-10-23(5,6)20-15-22(19-13-12-17(3)14-18(19)4)25(9)16-21(20)24(7,8)11-2;1-9-22(4,5)19-15-21(18-14-12-11-13-17(18)3)24(8)16-20(19)23(6,7)10-2;2*1-10-6-4-5-7-12(10)14-9-8-13(3)11(14)2/h2*12-16H,10-11H2,1-9H3;11-16H,9-10H2,1-8H3;2*4-9,11H,1-3H3/q3*+1;;/t;;;2*11-/m...00/s1/i3D3;;;3D3;. The van der Waals surface area contributed by atoms with E-state index >= 15 is 0 Å². The molecule has 0 spiro atoms. The van der Waals surface area contributed by atoms with Gasteiger partial charge in [0.1, 0.15) is 33.5 Å². The van der Waals surface area contributed by atoms with E-state index in [0.29, 0.717) is 11.7 Å². The Morgan fingerprint density at radius 2 is 0.637 bits per heavy atom. The van der Waals surface area contributed by atoms with Gasteiger partial charge in [0, 0.05) is 110 Å². The van der Waals surface area contributed by atoms with Gasteiger partial charge in [0.15, 0.2) is 18.6 Å². The first-order valence-electron chi connectivity index (χ1n) is 41.0. The number of para-hydroxylation sites is 2. The van der Waals surface area contributed by atoms with Crippen LogP contribution in [0.5, 0.6) is 0 Å². The summed E-state index contributed by atoms with van der Waals surface area (Å²) >= 11 is 0. The van der Waals surface area contributed by atoms with Crippen molar-refractivity contribution in [2.75, 3.05) is 23.8 Å². The SMILES string of the molecule is CCC(C)(C)c1cc(-c2ccc(C)cc2C)[n+](C)cc1C(C)(C)CC.CCC(C)(C)c1cc(-c2ccccc2C)[n+](C)cc1C(C)(C)CC.Cc1ccccc1N1C=CN(C)[C@@H]1C.[2H]C([2H])([2H])N1C=CN(c2ccccc2C)[C@H]1C.[2H]C([2H])([2H])c1ccc(-c2cc(C(C)(C)CC)c(C(C)(C)CC)c[n+]2C)c(C)c1. The van der Waals surface area contributed by atoms with Crippen LogP contribution in [-0.4, -0.2) is 36.2 Å². The molecule has 0 bridgehead atoms. The molecule has 0 saturated carbocycles. The average Bonchev–Trinajstić information content (AvgIpc) is 1.21. The zero-order valence-electron chi connectivity index (χ0n) is 75.2. The van der Waals surface area contributed by atoms with E-state index < -0.39 is 13.8 Å². The van der Waals surface area contributed by atoms with Crippen LogP contribution in [0.3, 0.4) is 0 Å². The van der Waals surface area contributed by atoms with Crippen LogP contribution in [0.1, 0.15) is 258 Å². The predicted octanol–water partition coefficient (Wildman–Crippen LogP) is 23.3. The number of rotatable bonds is 17. The van der Waals surface area contributed by atoms with Crippen LogP contribution in [0.2, 0.25) is 0 Å². The molecule has 2 aliphatic rings. The zero-order chi connectivity index (χ0) is 81.4. The molecule has 2 aliphatic heterocycles. The largest absolute Gasteiger partial charge is 0.359 e. The summed E-state index contributed by atoms with van der Waals surface area (Å²) < 4.78 is 52.2. The minimum Gasteiger partial charge on any atom is -0.359 e. The average molecular weight is 1380 g/mol. The molecule has 5 heterocycles. The van der Waals surface area contributed by atoms with Crippen molar-refractivity contribution >= 4 is 11.4 Å². The maximum atomic E-state index is 7.67. The van der Waals surface area contributed by atoms with E-state index in [-0.39, 0.29) is 38.7 Å². The third-order valence-corrected chi connectivity index (χ3v) is 23.5. The zero-order valence-corrected chi connectivity index (χ0v) is 69.2. The summed E-state index contributed by atoms with van der Waals surface area (Å²) in [7, 11) is 8.55. The summed E-state index contributed by atoms with van der Waals surface area (Å²) in [6.45, 7) is 54.6. The minimum atomic E-state index is -2.09. The fourth-order valence-electron chi connectivity index (χ4n) is 13.5. The smallest absolute Gasteiger partial charge is 0.212 e. The second kappa shape index (κ2) is 34.2. The Hall–Kier alpha value is -7.77. The van der Waals surface area contributed by atoms with E-state index in [1.54, 1.807) is 18.3 Å². The van der Waals surface area contributed by atoms with Crippen LogP contribution < -0.4 is 23.5 Å². The molecule has 0 radical (unpaired) electrons. The fraction of sp³-hybridized carbons (Fsp3) is 0.484. The number of aryl methyl sites for hydroxylation is 10. The molecule has 2 atom stereocenters. The van der Waals surface area contributed by atoms with E-state index in [4.69, 9.17) is 8.22 Å². The lowest BCUT2D eigenvalue weighted by atomic mass is 9.71. The van der Waals surface area contributed by atoms with Crippen LogP contribution in [0, 0.1) is 48.4 Å². The normalized spacial score (nSPS) is 15.9. The van der Waals surface area contributed by atoms with Crippen molar-refractivity contribution in [2.24, 2.45) is 21.1 Å². The Morgan fingerprint density at radius 3 is 0.941 bits per heavy atom. The number of nitrogens with zero attached hydrogens (tertiary/aromatic N) is 7. The van der Waals surface area contributed by atoms with Crippen molar-refractivity contribution in [2.45, 2.75) is 270 Å². The number of aromatic nitrogens is 3. The number of anilines is 2. The van der Waals surface area contributed by atoms with Gasteiger partial charge in [0.2, 0.25) is 17.1 Å². The lowest BCUT2D eigenvalue weighted by Crippen LogP contribution is -2.37. The molecule has 0 amide bonds. The van der Waals surface area contributed by atoms with Gasteiger partial charge in [-0.15, -0.1) is 0 Å². The summed E-state index contributed by atoms with van der Waals surface area (Å²) in [6, 6.07) is 44.6. The van der Waals surface area contributed by atoms with Gasteiger partial charge in [-0.05, 0) is 208 Å². The molecular formula is C95H138N7+3. The van der Waals surface area contributed by atoms with E-state index in [1.165, 1.54) is 88.7 Å². The van der Waals surface area contributed by atoms with Gasteiger partial charge >= 0.3 is 0 Å². The third kappa shape index (κ3) is 19.3. The highest BCUT2D eigenvalue weighted by molar-refractivity contribution is 5.66. The molecule has 5 aromatic carbocycles. The maximum absolute atomic E-state index is 7.67. The lowest BCUT2D eigenvalue weighted by molar-refractivity contribution is -0.661. The van der Waals surface area contributed by atoms with Gasteiger partial charge in [-0.1, -0.05) is 215 Å². The number of benzene rings is 5. The Bertz CT molecular complexity index is 4430. The van der Waals surface area contributed by atoms with E-state index in [9.17, 15) is 0 Å². The predicted molar refractivity (Wildman–Crippen MR) is 443 cm³/mol. The first-order valence-corrected chi connectivity index (χ1v) is 38.0. The van der Waals surface area contributed by atoms with Crippen LogP contribution in [0.15, 0.2) is 171 Å². The molecule has 550 valence electrons. The van der Waals surface area contributed by atoms with Gasteiger partial charge in [-0.3, -0.25) is 0 Å². The Balaban J connectivity index is 0.000000215. The maximum Gasteiger partial charge on any atom is 0.212 e. The molecule has 0 aliphatic carbocycles. The second-order valence-electron chi connectivity index (χ2n) is 33.2. The number of pyridine rings is 3. The summed E-state index contributed by atoms with van der Waals surface area (Å²) in [5.41, 5.74) is 27.3. The third-order valence-electron chi connectivity index (χ3n) is 23.5. The molecule has 8 aromatic rings. The second-order valence-corrected chi connectivity index (χ2v) is 33.2. The van der Waals surface area contributed by atoms with Crippen molar-refractivity contribution in [1.82, 2.24) is 9.80 Å². The van der Waals surface area contributed by atoms with Gasteiger partial charge in [-0.2, -0.15) is 0 Å². The molecule has 0 N–H and O–H groups in total. The topological polar surface area (TPSA) is 24.6 Å². The summed E-state index contributed by atoms with van der Waals surface area (Å²) in [6.07, 6.45) is 21.6. The lowest BCUT2D eigenvalue weighted by Gasteiger charge is -2.32. The molecule has 102 heavy (non-hydrogen) atoms. The monoisotopic (exact) mass is 1380 g/mol. The molecular weight excluding hydrogens is 1240 g/mol. The van der Waals surface area contributed by atoms with E-state index in [0.717, 1.165) is 66.6 Å². The highest BCUT2D eigenvalue weighted by atomic mass is 15.4. The van der Waals surface area contributed by atoms with E-state index in [1.807, 2.05) is 62.2 Å². The van der Waals surface area contributed by atoms with Crippen molar-refractivity contribution in [3.63, 3.8) is 0 Å². The van der Waals surface area contributed by atoms with Crippen LogP contribution >= 0.6 is 0 Å². The van der Waals surface area contributed by atoms with Crippen molar-refractivity contribution < 1.29 is 21.9 Å². The molecule has 0 saturated heterocycles. The summed E-state index contributed by atoms with van der Waals surface area (Å²) in [5, 5.41) is 0.